The first kappa shape index (κ1) is 28.9. The number of amides is 2. The van der Waals surface area contributed by atoms with E-state index in [-0.39, 0.29) is 23.4 Å². The van der Waals surface area contributed by atoms with Crippen molar-refractivity contribution < 1.29 is 18.0 Å². The summed E-state index contributed by atoms with van der Waals surface area (Å²) in [4.78, 5) is 28.2. The van der Waals surface area contributed by atoms with Crippen LogP contribution in [0.3, 0.4) is 0 Å². The molecule has 0 aliphatic heterocycles. The standard InChI is InChI=1S/C27H29ClIN3O4S/c1-19(2)30-27(34)20(3)31(17-21-9-7-8-12-25(21)28)26(33)18-32(23-15-13-22(29)14-16-23)37(35,36)24-10-5-4-6-11-24/h4-16,19-20H,17-18H2,1-3H3,(H,30,34)/t20-/m0/s1. The number of carbonyl (C=O) groups is 2. The van der Waals surface area contributed by atoms with Crippen LogP contribution in [0.25, 0.3) is 0 Å². The Balaban J connectivity index is 2.02. The summed E-state index contributed by atoms with van der Waals surface area (Å²) >= 11 is 8.49. The van der Waals surface area contributed by atoms with Gasteiger partial charge < -0.3 is 10.2 Å². The lowest BCUT2D eigenvalue weighted by Crippen LogP contribution is -2.52. The van der Waals surface area contributed by atoms with Gasteiger partial charge >= 0.3 is 0 Å². The normalized spacial score (nSPS) is 12.2. The molecule has 3 aromatic carbocycles. The fourth-order valence-electron chi connectivity index (χ4n) is 3.65. The zero-order chi connectivity index (χ0) is 27.2. The predicted molar refractivity (Wildman–Crippen MR) is 155 cm³/mol. The van der Waals surface area contributed by atoms with Crippen molar-refractivity contribution in [3.63, 3.8) is 0 Å². The van der Waals surface area contributed by atoms with E-state index in [1.807, 2.05) is 13.8 Å². The highest BCUT2D eigenvalue weighted by molar-refractivity contribution is 14.1. The van der Waals surface area contributed by atoms with Crippen molar-refractivity contribution in [3.8, 4) is 0 Å². The first-order chi connectivity index (χ1) is 17.5. The molecule has 7 nitrogen and oxygen atoms in total. The summed E-state index contributed by atoms with van der Waals surface area (Å²) in [5, 5.41) is 3.27. The fourth-order valence-corrected chi connectivity index (χ4v) is 5.64. The largest absolute Gasteiger partial charge is 0.352 e. The third kappa shape index (κ3) is 7.45. The Morgan fingerprint density at radius 1 is 0.919 bits per heavy atom. The molecule has 0 aromatic heterocycles. The van der Waals surface area contributed by atoms with Crippen molar-refractivity contribution in [3.05, 3.63) is 93.0 Å². The van der Waals surface area contributed by atoms with Gasteiger partial charge in [0.25, 0.3) is 10.0 Å². The lowest BCUT2D eigenvalue weighted by Gasteiger charge is -2.32. The summed E-state index contributed by atoms with van der Waals surface area (Å²) in [6, 6.07) is 20.8. The van der Waals surface area contributed by atoms with Gasteiger partial charge in [0.1, 0.15) is 12.6 Å². The molecule has 10 heteroatoms. The molecule has 3 rings (SSSR count). The summed E-state index contributed by atoms with van der Waals surface area (Å²) in [5.41, 5.74) is 0.989. The van der Waals surface area contributed by atoms with Crippen LogP contribution in [0.2, 0.25) is 5.02 Å². The number of nitrogens with one attached hydrogen (secondary N) is 1. The van der Waals surface area contributed by atoms with Gasteiger partial charge in [-0.1, -0.05) is 48.0 Å². The van der Waals surface area contributed by atoms with Gasteiger partial charge in [-0.3, -0.25) is 13.9 Å². The van der Waals surface area contributed by atoms with Crippen LogP contribution in [0.1, 0.15) is 26.3 Å². The third-order valence-electron chi connectivity index (χ3n) is 5.62. The summed E-state index contributed by atoms with van der Waals surface area (Å²) in [7, 11) is -4.08. The monoisotopic (exact) mass is 653 g/mol. The molecule has 0 spiro atoms. The number of halogens is 2. The Bertz CT molecular complexity index is 1340. The van der Waals surface area contributed by atoms with Crippen molar-refractivity contribution in [2.24, 2.45) is 0 Å². The molecule has 0 fully saturated rings. The van der Waals surface area contributed by atoms with Gasteiger partial charge in [0, 0.05) is 21.2 Å². The lowest BCUT2D eigenvalue weighted by molar-refractivity contribution is -0.139. The van der Waals surface area contributed by atoms with Crippen molar-refractivity contribution in [1.29, 1.82) is 0 Å². The highest BCUT2D eigenvalue weighted by Gasteiger charge is 2.32. The topological polar surface area (TPSA) is 86.8 Å². The second kappa shape index (κ2) is 12.7. The number of rotatable bonds is 10. The molecule has 0 aliphatic carbocycles. The lowest BCUT2D eigenvalue weighted by atomic mass is 10.1. The zero-order valence-corrected chi connectivity index (χ0v) is 24.5. The van der Waals surface area contributed by atoms with E-state index in [9.17, 15) is 18.0 Å². The number of hydrogen-bond acceptors (Lipinski definition) is 4. The third-order valence-corrected chi connectivity index (χ3v) is 8.50. The Hall–Kier alpha value is -2.63. The molecular formula is C27H29ClIN3O4S. The molecule has 1 atom stereocenters. The number of sulfonamides is 1. The number of anilines is 1. The fraction of sp³-hybridized carbons (Fsp3) is 0.259. The molecule has 0 saturated heterocycles. The van der Waals surface area contributed by atoms with Crippen molar-refractivity contribution in [2.75, 3.05) is 10.8 Å². The van der Waals surface area contributed by atoms with Gasteiger partial charge in [0.05, 0.1) is 10.6 Å². The van der Waals surface area contributed by atoms with Crippen LogP contribution in [-0.2, 0) is 26.2 Å². The van der Waals surface area contributed by atoms with Crippen LogP contribution >= 0.6 is 34.2 Å². The molecule has 0 bridgehead atoms. The number of hydrogen-bond donors (Lipinski definition) is 1. The van der Waals surface area contributed by atoms with E-state index in [1.165, 1.54) is 17.0 Å². The molecule has 37 heavy (non-hydrogen) atoms. The van der Waals surface area contributed by atoms with Gasteiger partial charge in [-0.05, 0) is 91.4 Å². The maximum absolute atomic E-state index is 13.8. The quantitative estimate of drug-likeness (QED) is 0.309. The van der Waals surface area contributed by atoms with E-state index in [0.29, 0.717) is 16.3 Å². The van der Waals surface area contributed by atoms with Crippen LogP contribution < -0.4 is 9.62 Å². The summed E-state index contributed by atoms with van der Waals surface area (Å²) < 4.78 is 29.4. The second-order valence-electron chi connectivity index (χ2n) is 8.75. The average Bonchev–Trinajstić information content (AvgIpc) is 2.87. The van der Waals surface area contributed by atoms with E-state index in [4.69, 9.17) is 11.6 Å². The van der Waals surface area contributed by atoms with Gasteiger partial charge in [-0.2, -0.15) is 0 Å². The van der Waals surface area contributed by atoms with Gasteiger partial charge in [0.2, 0.25) is 11.8 Å². The Kier molecular flexibility index (Phi) is 9.97. The minimum absolute atomic E-state index is 0.0388. The highest BCUT2D eigenvalue weighted by Crippen LogP contribution is 2.26. The van der Waals surface area contributed by atoms with Crippen LogP contribution in [-0.4, -0.2) is 43.8 Å². The van der Waals surface area contributed by atoms with Gasteiger partial charge in [-0.25, -0.2) is 8.42 Å². The average molecular weight is 654 g/mol. The molecule has 3 aromatic rings. The number of benzene rings is 3. The Morgan fingerprint density at radius 2 is 1.51 bits per heavy atom. The predicted octanol–water partition coefficient (Wildman–Crippen LogP) is 5.08. The minimum atomic E-state index is -4.08. The van der Waals surface area contributed by atoms with Crippen LogP contribution in [0.4, 0.5) is 5.69 Å². The number of carbonyl (C=O) groups excluding carboxylic acids is 2. The molecule has 0 radical (unpaired) electrons. The molecule has 0 unspecified atom stereocenters. The Labute approximate surface area is 237 Å². The van der Waals surface area contributed by atoms with E-state index in [1.54, 1.807) is 73.7 Å². The van der Waals surface area contributed by atoms with E-state index in [0.717, 1.165) is 7.88 Å². The first-order valence-corrected chi connectivity index (χ1v) is 14.6. The molecule has 0 aliphatic rings. The van der Waals surface area contributed by atoms with E-state index < -0.39 is 28.5 Å². The SMILES string of the molecule is CC(C)NC(=O)[C@H](C)N(Cc1ccccc1Cl)C(=O)CN(c1ccc(I)cc1)S(=O)(=O)c1ccccc1. The maximum Gasteiger partial charge on any atom is 0.264 e. The Morgan fingerprint density at radius 3 is 2.11 bits per heavy atom. The second-order valence-corrected chi connectivity index (χ2v) is 12.3. The first-order valence-electron chi connectivity index (χ1n) is 11.7. The summed E-state index contributed by atoms with van der Waals surface area (Å²) in [6.07, 6.45) is 0. The zero-order valence-electron chi connectivity index (χ0n) is 20.8. The van der Waals surface area contributed by atoms with Crippen molar-refractivity contribution >= 4 is 61.7 Å². The maximum atomic E-state index is 13.8. The molecular weight excluding hydrogens is 625 g/mol. The molecule has 196 valence electrons. The van der Waals surface area contributed by atoms with Gasteiger partial charge in [0.15, 0.2) is 0 Å². The summed E-state index contributed by atoms with van der Waals surface area (Å²) in [6.45, 7) is 4.82. The summed E-state index contributed by atoms with van der Waals surface area (Å²) in [5.74, 6) is -0.883. The van der Waals surface area contributed by atoms with Crippen LogP contribution in [0.5, 0.6) is 0 Å². The van der Waals surface area contributed by atoms with E-state index >= 15 is 0 Å². The minimum Gasteiger partial charge on any atom is -0.352 e. The number of nitrogens with zero attached hydrogens (tertiary/aromatic N) is 2. The molecule has 1 N–H and O–H groups in total. The van der Waals surface area contributed by atoms with Crippen molar-refractivity contribution in [2.45, 2.75) is 44.3 Å². The smallest absolute Gasteiger partial charge is 0.264 e. The van der Waals surface area contributed by atoms with Gasteiger partial charge in [-0.15, -0.1) is 0 Å². The van der Waals surface area contributed by atoms with Crippen molar-refractivity contribution in [1.82, 2.24) is 10.2 Å². The molecule has 0 saturated carbocycles. The molecule has 2 amide bonds. The van der Waals surface area contributed by atoms with E-state index in [2.05, 4.69) is 27.9 Å². The van der Waals surface area contributed by atoms with Crippen LogP contribution in [0, 0.1) is 3.57 Å². The highest BCUT2D eigenvalue weighted by atomic mass is 127. The molecule has 0 heterocycles. The van der Waals surface area contributed by atoms with Crippen LogP contribution in [0.15, 0.2) is 83.8 Å².